The number of carboxylic acid groups (broad SMARTS) is 2. The number of carbonyl (C=O) groups is 5. The van der Waals surface area contributed by atoms with Crippen molar-refractivity contribution < 1.29 is 34.2 Å². The largest absolute Gasteiger partial charge is 0.481 e. The van der Waals surface area contributed by atoms with E-state index in [0.29, 0.717) is 16.7 Å². The van der Waals surface area contributed by atoms with Crippen LogP contribution in [0, 0.1) is 23.2 Å². The average molecular weight is 461 g/mol. The summed E-state index contributed by atoms with van der Waals surface area (Å²) in [4.78, 5) is 63.5. The van der Waals surface area contributed by atoms with E-state index in [0.717, 1.165) is 4.90 Å². The number of hydrogen-bond donors (Lipinski definition) is 3. The van der Waals surface area contributed by atoms with Gasteiger partial charge in [-0.15, -0.1) is 0 Å². The van der Waals surface area contributed by atoms with Crippen LogP contribution in [0.3, 0.4) is 0 Å². The molecule has 0 bridgehead atoms. The van der Waals surface area contributed by atoms with Crippen LogP contribution >= 0.6 is 0 Å². The summed E-state index contributed by atoms with van der Waals surface area (Å²) in [6.45, 7) is 1.37. The molecule has 0 aliphatic carbocycles. The second kappa shape index (κ2) is 8.20. The number of ketones is 1. The van der Waals surface area contributed by atoms with Crippen LogP contribution in [-0.2, 0) is 19.2 Å². The minimum absolute atomic E-state index is 0.155. The highest BCUT2D eigenvalue weighted by atomic mass is 16.4. The molecule has 2 amide bonds. The maximum atomic E-state index is 13.5. The van der Waals surface area contributed by atoms with Crippen LogP contribution in [0.25, 0.3) is 0 Å². The fourth-order valence-electron chi connectivity index (χ4n) is 4.83. The van der Waals surface area contributed by atoms with Crippen molar-refractivity contribution in [3.05, 3.63) is 65.2 Å². The van der Waals surface area contributed by atoms with Crippen LogP contribution in [-0.4, -0.2) is 45.3 Å². The third-order valence-electron chi connectivity index (χ3n) is 6.40. The average Bonchev–Trinajstić information content (AvgIpc) is 3.27. The summed E-state index contributed by atoms with van der Waals surface area (Å²) < 4.78 is 0. The number of fused-ring (bicyclic) bond motifs is 1. The van der Waals surface area contributed by atoms with Crippen molar-refractivity contribution in [2.45, 2.75) is 24.9 Å². The number of amides is 2. The van der Waals surface area contributed by atoms with Gasteiger partial charge in [0.25, 0.3) is 0 Å². The Labute approximate surface area is 193 Å². The maximum absolute atomic E-state index is 13.5. The molecular weight excluding hydrogens is 442 g/mol. The van der Waals surface area contributed by atoms with Crippen LogP contribution in [0.2, 0.25) is 0 Å². The van der Waals surface area contributed by atoms with E-state index in [9.17, 15) is 34.2 Å². The molecule has 2 fully saturated rings. The number of imide groups is 1. The number of carboxylic acids is 2. The van der Waals surface area contributed by atoms with Crippen molar-refractivity contribution in [1.29, 1.82) is 5.26 Å². The van der Waals surface area contributed by atoms with E-state index >= 15 is 0 Å². The second-order valence-electron chi connectivity index (χ2n) is 8.32. The van der Waals surface area contributed by atoms with Gasteiger partial charge in [0, 0.05) is 11.6 Å². The molecule has 2 aromatic rings. The Balaban J connectivity index is 1.84. The summed E-state index contributed by atoms with van der Waals surface area (Å²) in [5.41, 5.74) is -0.920. The number of benzene rings is 2. The smallest absolute Gasteiger partial charge is 0.325 e. The third-order valence-corrected chi connectivity index (χ3v) is 6.40. The zero-order valence-corrected chi connectivity index (χ0v) is 17.9. The number of hydrogen-bond acceptors (Lipinski definition) is 7. The Kier molecular flexibility index (Phi) is 5.51. The third kappa shape index (κ3) is 3.43. The minimum atomic E-state index is -2.23. The molecule has 2 heterocycles. The zero-order chi connectivity index (χ0) is 24.8. The first-order chi connectivity index (χ1) is 16.1. The number of anilines is 1. The molecule has 2 aliphatic rings. The van der Waals surface area contributed by atoms with Crippen LogP contribution in [0.1, 0.15) is 40.9 Å². The zero-order valence-electron chi connectivity index (χ0n) is 17.9. The number of rotatable bonds is 6. The van der Waals surface area contributed by atoms with Gasteiger partial charge in [-0.2, -0.15) is 5.26 Å². The Morgan fingerprint density at radius 3 is 2.15 bits per heavy atom. The number of nitrogens with one attached hydrogen (secondary N) is 1. The van der Waals surface area contributed by atoms with E-state index in [2.05, 4.69) is 5.32 Å². The molecular formula is C24H19N3O7. The fraction of sp³-hybridized carbons (Fsp3) is 0.250. The first-order valence-corrected chi connectivity index (χ1v) is 10.3. The number of nitrogens with zero attached hydrogens (tertiary/aromatic N) is 2. The Bertz CT molecular complexity index is 1260. The normalized spacial score (nSPS) is 25.6. The molecule has 2 aromatic carbocycles. The van der Waals surface area contributed by atoms with E-state index in [1.165, 1.54) is 55.5 Å². The summed E-state index contributed by atoms with van der Waals surface area (Å²) in [5, 5.41) is 31.4. The molecule has 4 unspecified atom stereocenters. The van der Waals surface area contributed by atoms with E-state index in [-0.39, 0.29) is 11.5 Å². The van der Waals surface area contributed by atoms with Gasteiger partial charge in [-0.1, -0.05) is 12.1 Å². The van der Waals surface area contributed by atoms with E-state index in [1.54, 1.807) is 0 Å². The number of Topliss-reactive ketones (excluding diaryl/α,β-unsaturated/α-hetero) is 1. The van der Waals surface area contributed by atoms with E-state index < -0.39 is 53.6 Å². The molecule has 2 saturated heterocycles. The molecule has 34 heavy (non-hydrogen) atoms. The number of aliphatic carboxylic acids is 2. The quantitative estimate of drug-likeness (QED) is 0.427. The molecule has 0 saturated carbocycles. The van der Waals surface area contributed by atoms with Crippen molar-refractivity contribution in [1.82, 2.24) is 5.32 Å². The minimum Gasteiger partial charge on any atom is -0.481 e. The van der Waals surface area contributed by atoms with E-state index in [1.807, 2.05) is 6.07 Å². The SMILES string of the molecule is CC(=O)c1ccc(N2C(=O)C3C(c4ccc(C#N)cc4)NC(CC(=O)O)(C(=O)O)C3C2=O)cc1. The first-order valence-electron chi connectivity index (χ1n) is 10.3. The van der Waals surface area contributed by atoms with Gasteiger partial charge in [-0.25, -0.2) is 4.90 Å². The molecule has 10 heteroatoms. The summed E-state index contributed by atoms with van der Waals surface area (Å²) in [7, 11) is 0. The molecule has 4 atom stereocenters. The van der Waals surface area contributed by atoms with Crippen molar-refractivity contribution in [2.24, 2.45) is 11.8 Å². The summed E-state index contributed by atoms with van der Waals surface area (Å²) in [5.74, 6) is -7.41. The predicted octanol–water partition coefficient (Wildman–Crippen LogP) is 1.51. The summed E-state index contributed by atoms with van der Waals surface area (Å²) in [6, 6.07) is 12.8. The van der Waals surface area contributed by atoms with Crippen molar-refractivity contribution >= 4 is 35.2 Å². The van der Waals surface area contributed by atoms with Gasteiger partial charge >= 0.3 is 11.9 Å². The Morgan fingerprint density at radius 2 is 1.65 bits per heavy atom. The lowest BCUT2D eigenvalue weighted by atomic mass is 9.77. The van der Waals surface area contributed by atoms with Crippen LogP contribution in [0.5, 0.6) is 0 Å². The second-order valence-corrected chi connectivity index (χ2v) is 8.32. The lowest BCUT2D eigenvalue weighted by Crippen LogP contribution is -2.57. The van der Waals surface area contributed by atoms with Crippen molar-refractivity contribution in [2.75, 3.05) is 4.90 Å². The highest BCUT2D eigenvalue weighted by Crippen LogP contribution is 2.51. The number of carbonyl (C=O) groups excluding carboxylic acids is 3. The molecule has 4 rings (SSSR count). The van der Waals surface area contributed by atoms with Crippen LogP contribution in [0.15, 0.2) is 48.5 Å². The van der Waals surface area contributed by atoms with Crippen LogP contribution < -0.4 is 10.2 Å². The van der Waals surface area contributed by atoms with E-state index in [4.69, 9.17) is 5.26 Å². The molecule has 3 N–H and O–H groups in total. The maximum Gasteiger partial charge on any atom is 0.325 e. The van der Waals surface area contributed by atoms with Crippen molar-refractivity contribution in [3.8, 4) is 6.07 Å². The fourth-order valence-corrected chi connectivity index (χ4v) is 4.83. The molecule has 172 valence electrons. The number of nitriles is 1. The van der Waals surface area contributed by atoms with Gasteiger partial charge in [-0.3, -0.25) is 29.3 Å². The van der Waals surface area contributed by atoms with Gasteiger partial charge in [0.15, 0.2) is 5.78 Å². The standard InChI is InChI=1S/C24H19N3O7/c1-12(28)14-6-8-16(9-7-14)27-21(31)18-19(22(27)32)24(23(33)34,10-17(29)30)26-20(18)15-4-2-13(11-25)3-5-15/h2-9,18-20,26H,10H2,1H3,(H,29,30)(H,33,34). The van der Waals surface area contributed by atoms with Crippen molar-refractivity contribution in [3.63, 3.8) is 0 Å². The van der Waals surface area contributed by atoms with Gasteiger partial charge < -0.3 is 10.2 Å². The van der Waals surface area contributed by atoms with Gasteiger partial charge in [0.2, 0.25) is 11.8 Å². The van der Waals surface area contributed by atoms with Gasteiger partial charge in [0.1, 0.15) is 5.54 Å². The lowest BCUT2D eigenvalue weighted by Gasteiger charge is -2.29. The van der Waals surface area contributed by atoms with Crippen LogP contribution in [0.4, 0.5) is 5.69 Å². The van der Waals surface area contributed by atoms with Gasteiger partial charge in [-0.05, 0) is 48.9 Å². The highest BCUT2D eigenvalue weighted by molar-refractivity contribution is 6.24. The first kappa shape index (κ1) is 22.8. The molecule has 0 spiro atoms. The summed E-state index contributed by atoms with van der Waals surface area (Å²) in [6.07, 6.45) is -0.924. The molecule has 0 radical (unpaired) electrons. The Hall–Kier alpha value is -4.36. The monoisotopic (exact) mass is 461 g/mol. The highest BCUT2D eigenvalue weighted by Gasteiger charge is 2.69. The molecule has 10 nitrogen and oxygen atoms in total. The Morgan fingerprint density at radius 1 is 1.03 bits per heavy atom. The lowest BCUT2D eigenvalue weighted by molar-refractivity contribution is -0.154. The van der Waals surface area contributed by atoms with Gasteiger partial charge in [0.05, 0.1) is 35.6 Å². The topological polar surface area (TPSA) is 165 Å². The predicted molar refractivity (Wildman–Crippen MR) is 116 cm³/mol. The molecule has 2 aliphatic heterocycles. The summed E-state index contributed by atoms with van der Waals surface area (Å²) >= 11 is 0. The molecule has 0 aromatic heterocycles.